The van der Waals surface area contributed by atoms with Gasteiger partial charge in [-0.15, -0.1) is 0 Å². The van der Waals surface area contributed by atoms with E-state index < -0.39 is 36.7 Å². The minimum absolute atomic E-state index is 0.0314. The van der Waals surface area contributed by atoms with Gasteiger partial charge in [-0.1, -0.05) is 30.3 Å². The number of benzene rings is 1. The summed E-state index contributed by atoms with van der Waals surface area (Å²) in [5, 5.41) is 11.5. The van der Waals surface area contributed by atoms with Crippen LogP contribution in [0.4, 0.5) is 0 Å². The number of aliphatic hydroxyl groups is 1. The molecule has 1 aromatic carbocycles. The molecule has 1 aromatic rings. The van der Waals surface area contributed by atoms with Crippen LogP contribution >= 0.6 is 0 Å². The maximum absolute atomic E-state index is 11.5. The standard InChI is InChI=1S/C23H34O7/c24-20(16-23-29-12-13-30-23)19(15-22-27-10-11-28-22)18(14-21-25-8-9-26-21)7-6-17-4-2-1-3-5-17/h1-5,18-24H,6-16H2/i18D,19D,20D. The number of ether oxygens (including phenoxy) is 6. The highest BCUT2D eigenvalue weighted by atomic mass is 16.7. The van der Waals surface area contributed by atoms with Crippen LogP contribution in [0, 0.1) is 11.8 Å². The third-order valence-electron chi connectivity index (χ3n) is 5.55. The minimum atomic E-state index is -2.38. The Morgan fingerprint density at radius 3 is 1.83 bits per heavy atom. The van der Waals surface area contributed by atoms with E-state index in [1.54, 1.807) is 0 Å². The van der Waals surface area contributed by atoms with Crippen molar-refractivity contribution < 1.29 is 37.6 Å². The Bertz CT molecular complexity index is 737. The van der Waals surface area contributed by atoms with Crippen molar-refractivity contribution in [2.45, 2.75) is 57.1 Å². The Hall–Kier alpha value is -1.06. The second kappa shape index (κ2) is 11.5. The van der Waals surface area contributed by atoms with Crippen molar-refractivity contribution in [2.75, 3.05) is 39.6 Å². The molecule has 7 nitrogen and oxygen atoms in total. The third-order valence-corrected chi connectivity index (χ3v) is 5.55. The van der Waals surface area contributed by atoms with Crippen molar-refractivity contribution in [3.8, 4) is 0 Å². The first-order valence-electron chi connectivity index (χ1n) is 12.3. The van der Waals surface area contributed by atoms with Gasteiger partial charge in [0.1, 0.15) is 0 Å². The summed E-state index contributed by atoms with van der Waals surface area (Å²) in [5.74, 6) is -3.64. The second-order valence-electron chi connectivity index (χ2n) is 7.64. The lowest BCUT2D eigenvalue weighted by atomic mass is 9.78. The van der Waals surface area contributed by atoms with Gasteiger partial charge in [0.2, 0.25) is 0 Å². The van der Waals surface area contributed by atoms with Gasteiger partial charge in [-0.3, -0.25) is 0 Å². The van der Waals surface area contributed by atoms with E-state index in [0.717, 1.165) is 5.56 Å². The molecule has 3 heterocycles. The topological polar surface area (TPSA) is 75.6 Å². The molecule has 3 fully saturated rings. The normalized spacial score (nSPS) is 29.0. The SMILES string of the molecule is [2H]C(O)(CC1OCCO1)C([2H])(CC1OCCO1)C([2H])(CCc1ccccc1)CC1OCCO1. The van der Waals surface area contributed by atoms with Gasteiger partial charge in [0.15, 0.2) is 18.9 Å². The molecule has 0 amide bonds. The van der Waals surface area contributed by atoms with Crippen molar-refractivity contribution in [3.63, 3.8) is 0 Å². The fourth-order valence-electron chi connectivity index (χ4n) is 4.01. The van der Waals surface area contributed by atoms with Gasteiger partial charge in [-0.05, 0) is 30.2 Å². The lowest BCUT2D eigenvalue weighted by Gasteiger charge is -2.34. The van der Waals surface area contributed by atoms with Gasteiger partial charge in [0.25, 0.3) is 0 Å². The maximum Gasteiger partial charge on any atom is 0.160 e. The second-order valence-corrected chi connectivity index (χ2v) is 7.64. The van der Waals surface area contributed by atoms with Crippen molar-refractivity contribution in [1.29, 1.82) is 0 Å². The Morgan fingerprint density at radius 1 is 0.767 bits per heavy atom. The highest BCUT2D eigenvalue weighted by molar-refractivity contribution is 5.14. The molecule has 0 bridgehead atoms. The van der Waals surface area contributed by atoms with Crippen LogP contribution in [0.5, 0.6) is 0 Å². The van der Waals surface area contributed by atoms with E-state index in [0.29, 0.717) is 46.1 Å². The molecule has 30 heavy (non-hydrogen) atoms. The molecule has 3 aliphatic heterocycles. The van der Waals surface area contributed by atoms with Gasteiger partial charge < -0.3 is 33.5 Å². The largest absolute Gasteiger partial charge is 0.393 e. The Labute approximate surface area is 182 Å². The van der Waals surface area contributed by atoms with Crippen molar-refractivity contribution >= 4 is 0 Å². The molecule has 0 aliphatic carbocycles. The molecular weight excluding hydrogens is 388 g/mol. The highest BCUT2D eigenvalue weighted by Gasteiger charge is 2.36. The van der Waals surface area contributed by atoms with Crippen LogP contribution in [-0.4, -0.2) is 69.7 Å². The van der Waals surface area contributed by atoms with E-state index in [1.165, 1.54) is 0 Å². The summed E-state index contributed by atoms with van der Waals surface area (Å²) in [6.07, 6.45) is -4.31. The first-order valence-corrected chi connectivity index (χ1v) is 10.8. The van der Waals surface area contributed by atoms with Gasteiger partial charge in [-0.2, -0.15) is 0 Å². The molecule has 0 spiro atoms. The summed E-state index contributed by atoms with van der Waals surface area (Å²) in [7, 11) is 0. The van der Waals surface area contributed by atoms with E-state index >= 15 is 0 Å². The molecule has 0 radical (unpaired) electrons. The van der Waals surface area contributed by atoms with Crippen molar-refractivity contribution in [2.24, 2.45) is 11.8 Å². The average Bonchev–Trinajstić information content (AvgIpc) is 3.57. The van der Waals surface area contributed by atoms with E-state index in [-0.39, 0.29) is 25.7 Å². The average molecular weight is 426 g/mol. The number of rotatable bonds is 11. The quantitative estimate of drug-likeness (QED) is 0.584. The molecule has 0 aromatic heterocycles. The zero-order valence-electron chi connectivity index (χ0n) is 20.3. The molecule has 3 atom stereocenters. The Kier molecular flexibility index (Phi) is 7.11. The zero-order chi connectivity index (χ0) is 23.4. The predicted octanol–water partition coefficient (Wildman–Crippen LogP) is 2.50. The molecule has 0 saturated carbocycles. The molecule has 3 aliphatic rings. The maximum atomic E-state index is 11.5. The molecular formula is C23H34O7. The fraction of sp³-hybridized carbons (Fsp3) is 0.739. The first kappa shape index (κ1) is 18.5. The van der Waals surface area contributed by atoms with Gasteiger partial charge in [0, 0.05) is 22.0 Å². The van der Waals surface area contributed by atoms with Crippen LogP contribution in [0.15, 0.2) is 30.3 Å². The van der Waals surface area contributed by atoms with Crippen LogP contribution in [0.1, 0.15) is 35.4 Å². The van der Waals surface area contributed by atoms with Crippen LogP contribution in [0.2, 0.25) is 0 Å². The lowest BCUT2D eigenvalue weighted by molar-refractivity contribution is -0.119. The fourth-order valence-corrected chi connectivity index (χ4v) is 4.01. The van der Waals surface area contributed by atoms with Crippen LogP contribution in [0.3, 0.4) is 0 Å². The highest BCUT2D eigenvalue weighted by Crippen LogP contribution is 2.35. The smallest absolute Gasteiger partial charge is 0.160 e. The van der Waals surface area contributed by atoms with Gasteiger partial charge in [0.05, 0.1) is 47.1 Å². The van der Waals surface area contributed by atoms with Crippen LogP contribution in [0.25, 0.3) is 0 Å². The number of hydrogen-bond donors (Lipinski definition) is 1. The van der Waals surface area contributed by atoms with E-state index in [1.807, 2.05) is 30.3 Å². The summed E-state index contributed by atoms with van der Waals surface area (Å²) < 4.78 is 61.4. The van der Waals surface area contributed by atoms with E-state index in [4.69, 9.17) is 29.8 Å². The number of aryl methyl sites for hydroxylation is 1. The minimum Gasteiger partial charge on any atom is -0.393 e. The van der Waals surface area contributed by atoms with E-state index in [9.17, 15) is 7.85 Å². The van der Waals surface area contributed by atoms with Crippen LogP contribution in [-0.2, 0) is 34.8 Å². The molecule has 7 heteroatoms. The monoisotopic (exact) mass is 425 g/mol. The van der Waals surface area contributed by atoms with Crippen molar-refractivity contribution in [3.05, 3.63) is 35.9 Å². The Morgan fingerprint density at radius 2 is 1.27 bits per heavy atom. The number of hydrogen-bond acceptors (Lipinski definition) is 7. The first-order chi connectivity index (χ1) is 15.8. The summed E-state index contributed by atoms with van der Waals surface area (Å²) in [4.78, 5) is 0. The predicted molar refractivity (Wildman–Crippen MR) is 109 cm³/mol. The Balaban J connectivity index is 1.64. The molecule has 1 N–H and O–H groups in total. The summed E-state index contributed by atoms with van der Waals surface area (Å²) in [6.45, 7) is 2.29. The molecule has 4 rings (SSSR count). The van der Waals surface area contributed by atoms with E-state index in [2.05, 4.69) is 0 Å². The van der Waals surface area contributed by atoms with Crippen LogP contribution < -0.4 is 0 Å². The van der Waals surface area contributed by atoms with Gasteiger partial charge >= 0.3 is 0 Å². The summed E-state index contributed by atoms with van der Waals surface area (Å²) in [6, 6.07) is 9.70. The zero-order valence-corrected chi connectivity index (χ0v) is 17.3. The van der Waals surface area contributed by atoms with Crippen molar-refractivity contribution in [1.82, 2.24) is 0 Å². The molecule has 3 saturated heterocycles. The molecule has 168 valence electrons. The summed E-state index contributed by atoms with van der Waals surface area (Å²) >= 11 is 0. The van der Waals surface area contributed by atoms with Gasteiger partial charge in [-0.25, -0.2) is 0 Å². The summed E-state index contributed by atoms with van der Waals surface area (Å²) in [5.41, 5.74) is 1.01. The third kappa shape index (κ3) is 6.47. The molecule has 3 unspecified atom stereocenters. The lowest BCUT2D eigenvalue weighted by Crippen LogP contribution is -2.36.